The SMILES string of the molecule is c1ccc(N(CCN2CCOCC2)c2ccc(OCCCN3CCCCC3)cc2)nc1. The van der Waals surface area contributed by atoms with E-state index < -0.39 is 0 Å². The smallest absolute Gasteiger partial charge is 0.132 e. The van der Waals surface area contributed by atoms with E-state index in [0.717, 1.165) is 76.2 Å². The van der Waals surface area contributed by atoms with Crippen molar-refractivity contribution in [2.45, 2.75) is 25.7 Å². The van der Waals surface area contributed by atoms with E-state index in [-0.39, 0.29) is 0 Å². The fraction of sp³-hybridized carbons (Fsp3) is 0.560. The van der Waals surface area contributed by atoms with Crippen LogP contribution in [0.3, 0.4) is 0 Å². The molecule has 2 fully saturated rings. The first-order valence-electron chi connectivity index (χ1n) is 11.8. The minimum absolute atomic E-state index is 0.775. The van der Waals surface area contributed by atoms with Crippen molar-refractivity contribution in [3.63, 3.8) is 0 Å². The average molecular weight is 425 g/mol. The minimum Gasteiger partial charge on any atom is -0.494 e. The van der Waals surface area contributed by atoms with Crippen molar-refractivity contribution in [1.82, 2.24) is 14.8 Å². The van der Waals surface area contributed by atoms with Gasteiger partial charge in [-0.15, -0.1) is 0 Å². The molecule has 2 aromatic rings. The maximum Gasteiger partial charge on any atom is 0.132 e. The van der Waals surface area contributed by atoms with Crippen LogP contribution in [0.5, 0.6) is 5.75 Å². The van der Waals surface area contributed by atoms with E-state index >= 15 is 0 Å². The second-order valence-corrected chi connectivity index (χ2v) is 8.39. The number of nitrogens with zero attached hydrogens (tertiary/aromatic N) is 4. The molecule has 0 amide bonds. The molecule has 0 bridgehead atoms. The molecule has 0 unspecified atom stereocenters. The topological polar surface area (TPSA) is 41.1 Å². The lowest BCUT2D eigenvalue weighted by atomic mass is 10.1. The number of piperidine rings is 1. The fourth-order valence-electron chi connectivity index (χ4n) is 4.34. The van der Waals surface area contributed by atoms with E-state index in [1.165, 1.54) is 32.4 Å². The van der Waals surface area contributed by atoms with Crippen molar-refractivity contribution in [1.29, 1.82) is 0 Å². The molecule has 0 radical (unpaired) electrons. The maximum absolute atomic E-state index is 6.01. The second kappa shape index (κ2) is 12.0. The number of rotatable bonds is 10. The first kappa shape index (κ1) is 22.1. The molecule has 1 aromatic heterocycles. The lowest BCUT2D eigenvalue weighted by Gasteiger charge is -2.30. The monoisotopic (exact) mass is 424 g/mol. The Labute approximate surface area is 186 Å². The Balaban J connectivity index is 1.30. The summed E-state index contributed by atoms with van der Waals surface area (Å²) in [4.78, 5) is 11.9. The van der Waals surface area contributed by atoms with Crippen molar-refractivity contribution in [2.24, 2.45) is 0 Å². The zero-order valence-corrected chi connectivity index (χ0v) is 18.6. The van der Waals surface area contributed by atoms with E-state index in [0.29, 0.717) is 0 Å². The molecule has 0 aliphatic carbocycles. The molecular formula is C25H36N4O2. The van der Waals surface area contributed by atoms with Crippen LogP contribution in [0.15, 0.2) is 48.7 Å². The Morgan fingerprint density at radius 1 is 0.871 bits per heavy atom. The van der Waals surface area contributed by atoms with Gasteiger partial charge in [-0.1, -0.05) is 12.5 Å². The standard InChI is InChI=1S/C25H36N4O2/c1-4-13-27(14-5-1)15-6-20-31-24-10-8-23(9-11-24)29(25-7-2-3-12-26-25)17-16-28-18-21-30-22-19-28/h2-3,7-12H,1,4-6,13-22H2. The van der Waals surface area contributed by atoms with Gasteiger partial charge >= 0.3 is 0 Å². The summed E-state index contributed by atoms with van der Waals surface area (Å²) in [5, 5.41) is 0. The Morgan fingerprint density at radius 3 is 2.39 bits per heavy atom. The zero-order chi connectivity index (χ0) is 21.1. The van der Waals surface area contributed by atoms with Crippen molar-refractivity contribution < 1.29 is 9.47 Å². The van der Waals surface area contributed by atoms with Gasteiger partial charge in [-0.05, 0) is 68.8 Å². The highest BCUT2D eigenvalue weighted by molar-refractivity contribution is 5.60. The molecule has 0 N–H and O–H groups in total. The highest BCUT2D eigenvalue weighted by Crippen LogP contribution is 2.25. The molecule has 6 heteroatoms. The molecule has 1 aromatic carbocycles. The van der Waals surface area contributed by atoms with Crippen LogP contribution in [0.4, 0.5) is 11.5 Å². The van der Waals surface area contributed by atoms with E-state index in [1.807, 2.05) is 18.3 Å². The minimum atomic E-state index is 0.775. The molecule has 2 aliphatic rings. The van der Waals surface area contributed by atoms with Crippen molar-refractivity contribution in [3.05, 3.63) is 48.7 Å². The normalized spacial score (nSPS) is 18.1. The molecule has 2 aliphatic heterocycles. The van der Waals surface area contributed by atoms with Crippen molar-refractivity contribution in [2.75, 3.05) is 70.5 Å². The van der Waals surface area contributed by atoms with Gasteiger partial charge in [0.25, 0.3) is 0 Å². The summed E-state index contributed by atoms with van der Waals surface area (Å²) in [6.07, 6.45) is 7.03. The van der Waals surface area contributed by atoms with E-state index in [4.69, 9.17) is 9.47 Å². The third-order valence-electron chi connectivity index (χ3n) is 6.15. The van der Waals surface area contributed by atoms with Gasteiger partial charge in [0.15, 0.2) is 0 Å². The van der Waals surface area contributed by atoms with Crippen LogP contribution < -0.4 is 9.64 Å². The molecule has 3 heterocycles. The second-order valence-electron chi connectivity index (χ2n) is 8.39. The van der Waals surface area contributed by atoms with Crippen LogP contribution in [0.25, 0.3) is 0 Å². The predicted octanol–water partition coefficient (Wildman–Crippen LogP) is 3.81. The predicted molar refractivity (Wildman–Crippen MR) is 125 cm³/mol. The first-order chi connectivity index (χ1) is 15.4. The summed E-state index contributed by atoms with van der Waals surface area (Å²) in [5.41, 5.74) is 1.15. The van der Waals surface area contributed by atoms with Gasteiger partial charge in [-0.25, -0.2) is 4.98 Å². The third kappa shape index (κ3) is 6.92. The number of anilines is 2. The highest BCUT2D eigenvalue weighted by atomic mass is 16.5. The number of morpholine rings is 1. The lowest BCUT2D eigenvalue weighted by Crippen LogP contribution is -2.40. The Morgan fingerprint density at radius 2 is 1.65 bits per heavy atom. The molecule has 2 saturated heterocycles. The maximum atomic E-state index is 6.01. The fourth-order valence-corrected chi connectivity index (χ4v) is 4.34. The summed E-state index contributed by atoms with van der Waals surface area (Å²) in [5.74, 6) is 1.92. The number of likely N-dealkylation sites (tertiary alicyclic amines) is 1. The zero-order valence-electron chi connectivity index (χ0n) is 18.6. The van der Waals surface area contributed by atoms with Crippen LogP contribution >= 0.6 is 0 Å². The number of hydrogen-bond acceptors (Lipinski definition) is 6. The summed E-state index contributed by atoms with van der Waals surface area (Å²) in [6.45, 7) is 9.97. The molecule has 0 atom stereocenters. The molecule has 168 valence electrons. The van der Waals surface area contributed by atoms with Crippen LogP contribution in [0.2, 0.25) is 0 Å². The Bertz CT molecular complexity index is 744. The van der Waals surface area contributed by atoms with Crippen LogP contribution in [0.1, 0.15) is 25.7 Å². The first-order valence-corrected chi connectivity index (χ1v) is 11.8. The number of hydrogen-bond donors (Lipinski definition) is 0. The van der Waals surface area contributed by atoms with Crippen LogP contribution in [0, 0.1) is 0 Å². The molecule has 6 nitrogen and oxygen atoms in total. The molecule has 0 spiro atoms. The van der Waals surface area contributed by atoms with Crippen molar-refractivity contribution >= 4 is 11.5 Å². The van der Waals surface area contributed by atoms with Crippen LogP contribution in [-0.2, 0) is 4.74 Å². The molecule has 31 heavy (non-hydrogen) atoms. The number of aromatic nitrogens is 1. The average Bonchev–Trinajstić information content (AvgIpc) is 2.85. The molecular weight excluding hydrogens is 388 g/mol. The van der Waals surface area contributed by atoms with E-state index in [2.05, 4.69) is 50.0 Å². The quantitative estimate of drug-likeness (QED) is 0.540. The van der Waals surface area contributed by atoms with Gasteiger partial charge in [0.05, 0.1) is 19.8 Å². The van der Waals surface area contributed by atoms with Gasteiger partial charge in [0.2, 0.25) is 0 Å². The van der Waals surface area contributed by atoms with Gasteiger partial charge in [0.1, 0.15) is 11.6 Å². The van der Waals surface area contributed by atoms with E-state index in [1.54, 1.807) is 0 Å². The van der Waals surface area contributed by atoms with Crippen LogP contribution in [-0.4, -0.2) is 80.4 Å². The molecule has 4 rings (SSSR count). The number of benzene rings is 1. The number of ether oxygens (including phenoxy) is 2. The van der Waals surface area contributed by atoms with Gasteiger partial charge in [0, 0.05) is 44.6 Å². The number of pyridine rings is 1. The summed E-state index contributed by atoms with van der Waals surface area (Å²) in [6, 6.07) is 14.5. The van der Waals surface area contributed by atoms with Gasteiger partial charge in [-0.2, -0.15) is 0 Å². The summed E-state index contributed by atoms with van der Waals surface area (Å²) >= 11 is 0. The lowest BCUT2D eigenvalue weighted by molar-refractivity contribution is 0.0394. The summed E-state index contributed by atoms with van der Waals surface area (Å²) < 4.78 is 11.5. The van der Waals surface area contributed by atoms with Gasteiger partial charge in [-0.3, -0.25) is 4.90 Å². The Kier molecular flexibility index (Phi) is 8.56. The largest absolute Gasteiger partial charge is 0.494 e. The van der Waals surface area contributed by atoms with Crippen molar-refractivity contribution in [3.8, 4) is 5.75 Å². The Hall–Kier alpha value is -2.15. The van der Waals surface area contributed by atoms with E-state index in [9.17, 15) is 0 Å². The summed E-state index contributed by atoms with van der Waals surface area (Å²) in [7, 11) is 0. The van der Waals surface area contributed by atoms with Gasteiger partial charge < -0.3 is 19.3 Å². The molecule has 0 saturated carbocycles. The highest BCUT2D eigenvalue weighted by Gasteiger charge is 2.15. The third-order valence-corrected chi connectivity index (χ3v) is 6.15.